The zero-order chi connectivity index (χ0) is 14.5. The summed E-state index contributed by atoms with van der Waals surface area (Å²) in [5, 5.41) is 9.91. The van der Waals surface area contributed by atoms with E-state index in [4.69, 9.17) is 69.6 Å². The zero-order valence-corrected chi connectivity index (χ0v) is 13.3. The molecular weight excluding hydrogens is 379 g/mol. The number of halogens is 6. The van der Waals surface area contributed by atoms with Crippen LogP contribution in [0.3, 0.4) is 0 Å². The van der Waals surface area contributed by atoms with Crippen molar-refractivity contribution in [3.8, 4) is 0 Å². The van der Waals surface area contributed by atoms with Gasteiger partial charge in [-0.3, -0.25) is 4.79 Å². The zero-order valence-electron chi connectivity index (χ0n) is 8.73. The Bertz CT molecular complexity index is 734. The molecule has 1 heterocycles. The molecule has 102 valence electrons. The number of rotatable bonds is 0. The highest BCUT2D eigenvalue weighted by atomic mass is 35.6. The van der Waals surface area contributed by atoms with Gasteiger partial charge in [0, 0.05) is 5.02 Å². The number of benzene rings is 1. The van der Waals surface area contributed by atoms with Crippen molar-refractivity contribution in [2.45, 2.75) is 3.79 Å². The third kappa shape index (κ3) is 2.60. The van der Waals surface area contributed by atoms with Gasteiger partial charge in [-0.2, -0.15) is 4.73 Å². The van der Waals surface area contributed by atoms with E-state index < -0.39 is 14.2 Å². The molecule has 0 aliphatic carbocycles. The van der Waals surface area contributed by atoms with Gasteiger partial charge >= 0.3 is 0 Å². The van der Waals surface area contributed by atoms with Gasteiger partial charge in [-0.05, 0) is 12.1 Å². The van der Waals surface area contributed by atoms with Crippen LogP contribution in [0.25, 0.3) is 10.9 Å². The van der Waals surface area contributed by atoms with E-state index in [1.165, 1.54) is 12.1 Å². The highest BCUT2D eigenvalue weighted by Crippen LogP contribution is 2.42. The van der Waals surface area contributed by atoms with E-state index in [1.807, 2.05) is 0 Å². The predicted molar refractivity (Wildman–Crippen MR) is 79.7 cm³/mol. The normalized spacial score (nSPS) is 12.1. The Labute approximate surface area is 137 Å². The molecule has 19 heavy (non-hydrogen) atoms. The summed E-state index contributed by atoms with van der Waals surface area (Å²) in [4.78, 5) is 12.1. The standard InChI is InChI=1S/C10H3Cl6NO2/c11-3-1-4-7(5(12)2-3)17(19)9(10(14,15)16)6(13)8(4)18/h1-2,19H. The van der Waals surface area contributed by atoms with Crippen LogP contribution in [0.15, 0.2) is 16.9 Å². The van der Waals surface area contributed by atoms with Gasteiger partial charge in [0.15, 0.2) is 0 Å². The summed E-state index contributed by atoms with van der Waals surface area (Å²) in [6, 6.07) is 2.65. The average Bonchev–Trinajstić information content (AvgIpc) is 2.23. The fraction of sp³-hybridized carbons (Fsp3) is 0.100. The van der Waals surface area contributed by atoms with Crippen LogP contribution in [0.4, 0.5) is 0 Å². The minimum Gasteiger partial charge on any atom is -0.428 e. The van der Waals surface area contributed by atoms with E-state index in [9.17, 15) is 10.0 Å². The van der Waals surface area contributed by atoms with Gasteiger partial charge in [-0.25, -0.2) is 0 Å². The molecule has 0 saturated heterocycles. The molecule has 0 amide bonds. The van der Waals surface area contributed by atoms with Crippen LogP contribution in [0.1, 0.15) is 5.69 Å². The quantitative estimate of drug-likeness (QED) is 0.514. The van der Waals surface area contributed by atoms with Gasteiger partial charge < -0.3 is 5.21 Å². The molecule has 0 aliphatic rings. The summed E-state index contributed by atoms with van der Waals surface area (Å²) in [7, 11) is 0. The van der Waals surface area contributed by atoms with Crippen LogP contribution in [-0.4, -0.2) is 9.94 Å². The van der Waals surface area contributed by atoms with E-state index in [0.29, 0.717) is 4.73 Å². The Morgan fingerprint density at radius 2 is 1.68 bits per heavy atom. The maximum absolute atomic E-state index is 12.1. The van der Waals surface area contributed by atoms with E-state index in [0.717, 1.165) is 0 Å². The Kier molecular flexibility index (Phi) is 4.09. The first-order valence-electron chi connectivity index (χ1n) is 4.64. The van der Waals surface area contributed by atoms with Crippen LogP contribution < -0.4 is 5.43 Å². The molecule has 0 atom stereocenters. The van der Waals surface area contributed by atoms with Crippen molar-refractivity contribution in [2.75, 3.05) is 0 Å². The molecule has 2 aromatic rings. The number of hydrogen-bond acceptors (Lipinski definition) is 2. The lowest BCUT2D eigenvalue weighted by atomic mass is 10.2. The summed E-state index contributed by atoms with van der Waals surface area (Å²) >= 11 is 34.6. The Hall–Kier alpha value is -0.0300. The van der Waals surface area contributed by atoms with Crippen molar-refractivity contribution in [1.29, 1.82) is 0 Å². The first-order valence-corrected chi connectivity index (χ1v) is 6.91. The molecule has 1 aromatic heterocycles. The maximum Gasteiger partial charge on any atom is 0.235 e. The maximum atomic E-state index is 12.1. The highest BCUT2D eigenvalue weighted by molar-refractivity contribution is 6.67. The molecule has 0 radical (unpaired) electrons. The predicted octanol–water partition coefficient (Wildman–Crippen LogP) is 5.03. The van der Waals surface area contributed by atoms with Crippen LogP contribution >= 0.6 is 69.6 Å². The second-order valence-electron chi connectivity index (χ2n) is 3.59. The summed E-state index contributed by atoms with van der Waals surface area (Å²) in [5.41, 5.74) is -1.07. The second-order valence-corrected chi connectivity index (χ2v) is 7.09. The topological polar surface area (TPSA) is 42.2 Å². The lowest BCUT2D eigenvalue weighted by molar-refractivity contribution is 0.189. The monoisotopic (exact) mass is 379 g/mol. The van der Waals surface area contributed by atoms with Crippen LogP contribution in [0.2, 0.25) is 15.1 Å². The summed E-state index contributed by atoms with van der Waals surface area (Å²) in [5.74, 6) is 0. The lowest BCUT2D eigenvalue weighted by Gasteiger charge is -2.18. The SMILES string of the molecule is O=c1c(Cl)c(C(Cl)(Cl)Cl)n(O)c2c(Cl)cc(Cl)cc12. The van der Waals surface area contributed by atoms with Gasteiger partial charge in [-0.1, -0.05) is 69.6 Å². The molecule has 1 aromatic carbocycles. The summed E-state index contributed by atoms with van der Waals surface area (Å²) in [6.07, 6.45) is 0. The smallest absolute Gasteiger partial charge is 0.235 e. The minimum absolute atomic E-state index is 0.0167. The van der Waals surface area contributed by atoms with E-state index >= 15 is 0 Å². The fourth-order valence-corrected chi connectivity index (χ4v) is 3.20. The summed E-state index contributed by atoms with van der Waals surface area (Å²) in [6.45, 7) is 0. The Morgan fingerprint density at radius 3 is 2.21 bits per heavy atom. The van der Waals surface area contributed by atoms with Crippen molar-refractivity contribution < 1.29 is 5.21 Å². The van der Waals surface area contributed by atoms with Gasteiger partial charge in [0.2, 0.25) is 9.22 Å². The lowest BCUT2D eigenvalue weighted by Crippen LogP contribution is -2.20. The number of hydrogen-bond donors (Lipinski definition) is 1. The Balaban J connectivity index is 3.10. The molecule has 0 spiro atoms. The van der Waals surface area contributed by atoms with Crippen molar-refractivity contribution in [3.05, 3.63) is 43.1 Å². The molecule has 2 rings (SSSR count). The molecule has 0 fully saturated rings. The van der Waals surface area contributed by atoms with E-state index in [2.05, 4.69) is 0 Å². The third-order valence-electron chi connectivity index (χ3n) is 2.37. The molecule has 0 saturated carbocycles. The van der Waals surface area contributed by atoms with Gasteiger partial charge in [0.1, 0.15) is 16.2 Å². The molecule has 9 heteroatoms. The van der Waals surface area contributed by atoms with Crippen molar-refractivity contribution >= 4 is 80.5 Å². The van der Waals surface area contributed by atoms with Crippen LogP contribution in [0.5, 0.6) is 0 Å². The van der Waals surface area contributed by atoms with Crippen molar-refractivity contribution in [1.82, 2.24) is 4.73 Å². The first kappa shape index (κ1) is 15.4. The minimum atomic E-state index is -2.10. The molecule has 0 aliphatic heterocycles. The molecular formula is C10H3Cl6NO2. The average molecular weight is 382 g/mol. The number of nitrogens with zero attached hydrogens (tertiary/aromatic N) is 1. The number of fused-ring (bicyclic) bond motifs is 1. The van der Waals surface area contributed by atoms with Crippen molar-refractivity contribution in [2.24, 2.45) is 0 Å². The molecule has 1 N–H and O–H groups in total. The van der Waals surface area contributed by atoms with Gasteiger partial charge in [0.25, 0.3) is 0 Å². The summed E-state index contributed by atoms with van der Waals surface area (Å²) < 4.78 is -1.62. The third-order valence-corrected chi connectivity index (χ3v) is 3.77. The van der Waals surface area contributed by atoms with Crippen LogP contribution in [0, 0.1) is 0 Å². The van der Waals surface area contributed by atoms with Gasteiger partial charge in [-0.15, -0.1) is 0 Å². The number of aromatic nitrogens is 1. The van der Waals surface area contributed by atoms with Gasteiger partial charge in [0.05, 0.1) is 10.4 Å². The Morgan fingerprint density at radius 1 is 1.11 bits per heavy atom. The fourth-order valence-electron chi connectivity index (χ4n) is 1.63. The van der Waals surface area contributed by atoms with E-state index in [-0.39, 0.29) is 26.6 Å². The number of alkyl halides is 3. The molecule has 3 nitrogen and oxygen atoms in total. The molecule has 0 bridgehead atoms. The first-order chi connectivity index (χ1) is 8.64. The number of pyridine rings is 1. The second kappa shape index (κ2) is 5.06. The van der Waals surface area contributed by atoms with E-state index in [1.54, 1.807) is 0 Å². The van der Waals surface area contributed by atoms with Crippen molar-refractivity contribution in [3.63, 3.8) is 0 Å². The molecule has 0 unspecified atom stereocenters. The highest BCUT2D eigenvalue weighted by Gasteiger charge is 2.33. The van der Waals surface area contributed by atoms with Crippen LogP contribution in [-0.2, 0) is 3.79 Å². The largest absolute Gasteiger partial charge is 0.428 e.